The van der Waals surface area contributed by atoms with Gasteiger partial charge in [-0.05, 0) is 67.6 Å². The summed E-state index contributed by atoms with van der Waals surface area (Å²) >= 11 is 0. The van der Waals surface area contributed by atoms with Gasteiger partial charge in [0.25, 0.3) is 5.91 Å². The minimum atomic E-state index is -0.0962. The van der Waals surface area contributed by atoms with Gasteiger partial charge in [0.2, 0.25) is 0 Å². The van der Waals surface area contributed by atoms with Crippen LogP contribution in [0.2, 0.25) is 0 Å². The first kappa shape index (κ1) is 23.2. The molecule has 31 heavy (non-hydrogen) atoms. The minimum absolute atomic E-state index is 0. The van der Waals surface area contributed by atoms with Crippen molar-refractivity contribution in [3.63, 3.8) is 0 Å². The Balaban J connectivity index is 0.00000136. The first-order chi connectivity index (χ1) is 14.3. The van der Waals surface area contributed by atoms with Crippen molar-refractivity contribution in [3.05, 3.63) is 78.1 Å². The Labute approximate surface area is 194 Å². The van der Waals surface area contributed by atoms with Gasteiger partial charge in [-0.3, -0.25) is 4.79 Å². The van der Waals surface area contributed by atoms with Crippen molar-refractivity contribution in [2.75, 3.05) is 11.9 Å². The molecule has 0 bridgehead atoms. The molecule has 0 unspecified atom stereocenters. The highest BCUT2D eigenvalue weighted by molar-refractivity contribution is 6.04. The van der Waals surface area contributed by atoms with Gasteiger partial charge in [-0.1, -0.05) is 24.3 Å². The van der Waals surface area contributed by atoms with Crippen LogP contribution in [0.4, 0.5) is 5.69 Å². The third-order valence-corrected chi connectivity index (χ3v) is 5.68. The number of benzene rings is 2. The van der Waals surface area contributed by atoms with Crippen LogP contribution >= 0.6 is 24.8 Å². The van der Waals surface area contributed by atoms with Crippen molar-refractivity contribution in [1.82, 2.24) is 15.3 Å². The molecule has 0 radical (unpaired) electrons. The molecule has 5 rings (SSSR count). The standard InChI is InChI=1S/C24H24N4O.2ClH/c29-24(28-20-7-2-5-18(13-20)23-25-10-3-11-26-23)19-6-1-4-17(12-19)21-14-22(21)27-15-16-8-9-16;;/h1-7,10-13,16,21-22,27H,8-9,14-15H2,(H,28,29);2*1H/t21-,22+;;/m0../s1. The Morgan fingerprint density at radius 3 is 2.52 bits per heavy atom. The molecular weight excluding hydrogens is 431 g/mol. The van der Waals surface area contributed by atoms with E-state index in [0.717, 1.165) is 30.1 Å². The Hall–Kier alpha value is -2.47. The van der Waals surface area contributed by atoms with Gasteiger partial charge in [0.15, 0.2) is 5.82 Å². The molecule has 0 spiro atoms. The molecule has 0 aliphatic heterocycles. The lowest BCUT2D eigenvalue weighted by Crippen LogP contribution is -2.20. The van der Waals surface area contributed by atoms with Crippen LogP contribution < -0.4 is 10.6 Å². The van der Waals surface area contributed by atoms with Crippen LogP contribution in [0.25, 0.3) is 11.4 Å². The van der Waals surface area contributed by atoms with Gasteiger partial charge >= 0.3 is 0 Å². The van der Waals surface area contributed by atoms with E-state index in [1.807, 2.05) is 42.5 Å². The molecule has 2 fully saturated rings. The minimum Gasteiger partial charge on any atom is -0.322 e. The van der Waals surface area contributed by atoms with Gasteiger partial charge in [0.05, 0.1) is 0 Å². The second-order valence-electron chi connectivity index (χ2n) is 8.03. The molecule has 1 heterocycles. The molecule has 0 saturated heterocycles. The van der Waals surface area contributed by atoms with E-state index in [1.165, 1.54) is 18.4 Å². The van der Waals surface area contributed by atoms with Gasteiger partial charge in [-0.25, -0.2) is 9.97 Å². The first-order valence-electron chi connectivity index (χ1n) is 10.3. The molecule has 7 heteroatoms. The SMILES string of the molecule is Cl.Cl.O=C(Nc1cccc(-c2ncccn2)c1)c1cccc([C@@H]2C[C@H]2NCC2CC2)c1. The smallest absolute Gasteiger partial charge is 0.255 e. The summed E-state index contributed by atoms with van der Waals surface area (Å²) in [6, 6.07) is 18.0. The van der Waals surface area contributed by atoms with Crippen molar-refractivity contribution in [2.45, 2.75) is 31.2 Å². The van der Waals surface area contributed by atoms with Crippen molar-refractivity contribution < 1.29 is 4.79 Å². The molecule has 2 atom stereocenters. The van der Waals surface area contributed by atoms with E-state index in [0.29, 0.717) is 23.3 Å². The van der Waals surface area contributed by atoms with E-state index in [9.17, 15) is 4.79 Å². The Kier molecular flexibility index (Phi) is 7.65. The lowest BCUT2D eigenvalue weighted by molar-refractivity contribution is 0.102. The zero-order valence-corrected chi connectivity index (χ0v) is 18.7. The topological polar surface area (TPSA) is 66.9 Å². The third kappa shape index (κ3) is 5.82. The van der Waals surface area contributed by atoms with E-state index in [-0.39, 0.29) is 30.7 Å². The number of carbonyl (C=O) groups excluding carboxylic acids is 1. The van der Waals surface area contributed by atoms with Crippen LogP contribution in [0.15, 0.2) is 67.0 Å². The number of hydrogen-bond donors (Lipinski definition) is 2. The summed E-state index contributed by atoms with van der Waals surface area (Å²) in [5, 5.41) is 6.67. The lowest BCUT2D eigenvalue weighted by Gasteiger charge is -2.09. The second-order valence-corrected chi connectivity index (χ2v) is 8.03. The number of amides is 1. The van der Waals surface area contributed by atoms with Crippen molar-refractivity contribution >= 4 is 36.4 Å². The fourth-order valence-electron chi connectivity index (χ4n) is 3.73. The normalized spacial score (nSPS) is 19.0. The fourth-order valence-corrected chi connectivity index (χ4v) is 3.73. The number of hydrogen-bond acceptors (Lipinski definition) is 4. The number of carbonyl (C=O) groups is 1. The molecule has 2 saturated carbocycles. The Morgan fingerprint density at radius 1 is 0.968 bits per heavy atom. The third-order valence-electron chi connectivity index (χ3n) is 5.68. The molecule has 162 valence electrons. The van der Waals surface area contributed by atoms with Gasteiger partial charge in [-0.15, -0.1) is 24.8 Å². The number of anilines is 1. The predicted octanol–water partition coefficient (Wildman–Crippen LogP) is 5.10. The molecular formula is C24H26Cl2N4O. The number of nitrogens with one attached hydrogen (secondary N) is 2. The summed E-state index contributed by atoms with van der Waals surface area (Å²) in [6.07, 6.45) is 7.33. The van der Waals surface area contributed by atoms with E-state index in [4.69, 9.17) is 0 Å². The highest BCUT2D eigenvalue weighted by Crippen LogP contribution is 2.41. The molecule has 2 aliphatic rings. The molecule has 3 aromatic rings. The summed E-state index contributed by atoms with van der Waals surface area (Å²) in [6.45, 7) is 1.14. The van der Waals surface area contributed by atoms with Crippen LogP contribution in [-0.4, -0.2) is 28.5 Å². The fraction of sp³-hybridized carbons (Fsp3) is 0.292. The van der Waals surface area contributed by atoms with Gasteiger partial charge in [-0.2, -0.15) is 0 Å². The lowest BCUT2D eigenvalue weighted by atomic mass is 10.1. The van der Waals surface area contributed by atoms with E-state index < -0.39 is 0 Å². The molecule has 1 aromatic heterocycles. The second kappa shape index (κ2) is 10.2. The molecule has 5 nitrogen and oxygen atoms in total. The summed E-state index contributed by atoms with van der Waals surface area (Å²) in [5.41, 5.74) is 3.55. The Morgan fingerprint density at radius 2 is 1.74 bits per heavy atom. The van der Waals surface area contributed by atoms with Crippen LogP contribution in [-0.2, 0) is 0 Å². The summed E-state index contributed by atoms with van der Waals surface area (Å²) in [7, 11) is 0. The molecule has 2 aliphatic carbocycles. The molecule has 1 amide bonds. The van der Waals surface area contributed by atoms with Crippen LogP contribution in [0, 0.1) is 5.92 Å². The van der Waals surface area contributed by atoms with Crippen molar-refractivity contribution in [1.29, 1.82) is 0 Å². The summed E-state index contributed by atoms with van der Waals surface area (Å²) in [5.74, 6) is 1.97. The molecule has 2 aromatic carbocycles. The van der Waals surface area contributed by atoms with Crippen LogP contribution in [0.1, 0.15) is 41.1 Å². The zero-order chi connectivity index (χ0) is 19.6. The van der Waals surface area contributed by atoms with Gasteiger partial charge in [0.1, 0.15) is 0 Å². The van der Waals surface area contributed by atoms with Crippen molar-refractivity contribution in [2.24, 2.45) is 5.92 Å². The summed E-state index contributed by atoms with van der Waals surface area (Å²) < 4.78 is 0. The van der Waals surface area contributed by atoms with Gasteiger partial charge < -0.3 is 10.6 Å². The predicted molar refractivity (Wildman–Crippen MR) is 128 cm³/mol. The maximum atomic E-state index is 12.8. The Bertz CT molecular complexity index is 1030. The average Bonchev–Trinajstić information content (AvgIpc) is 3.68. The number of rotatable bonds is 7. The molecule has 2 N–H and O–H groups in total. The number of aromatic nitrogens is 2. The van der Waals surface area contributed by atoms with Crippen LogP contribution in [0.5, 0.6) is 0 Å². The highest BCUT2D eigenvalue weighted by Gasteiger charge is 2.39. The zero-order valence-electron chi connectivity index (χ0n) is 17.0. The van der Waals surface area contributed by atoms with Gasteiger partial charge in [0, 0.05) is 41.2 Å². The maximum absolute atomic E-state index is 12.8. The first-order valence-corrected chi connectivity index (χ1v) is 10.3. The van der Waals surface area contributed by atoms with Crippen LogP contribution in [0.3, 0.4) is 0 Å². The monoisotopic (exact) mass is 456 g/mol. The van der Waals surface area contributed by atoms with E-state index in [1.54, 1.807) is 18.5 Å². The number of nitrogens with zero attached hydrogens (tertiary/aromatic N) is 2. The quantitative estimate of drug-likeness (QED) is 0.519. The maximum Gasteiger partial charge on any atom is 0.255 e. The average molecular weight is 457 g/mol. The van der Waals surface area contributed by atoms with E-state index >= 15 is 0 Å². The largest absolute Gasteiger partial charge is 0.322 e. The van der Waals surface area contributed by atoms with Crippen molar-refractivity contribution in [3.8, 4) is 11.4 Å². The summed E-state index contributed by atoms with van der Waals surface area (Å²) in [4.78, 5) is 21.3. The number of halogens is 2. The highest BCUT2D eigenvalue weighted by atomic mass is 35.5. The van der Waals surface area contributed by atoms with E-state index in [2.05, 4.69) is 26.7 Å².